The largest absolute Gasteiger partial charge is 0.368 e. The summed E-state index contributed by atoms with van der Waals surface area (Å²) in [6.45, 7) is 7.09. The van der Waals surface area contributed by atoms with Crippen molar-refractivity contribution in [3.8, 4) is 11.1 Å². The molecule has 0 saturated carbocycles. The summed E-state index contributed by atoms with van der Waals surface area (Å²) in [5, 5.41) is 0. The number of carbonyl (C=O) groups excluding carboxylic acids is 2. The summed E-state index contributed by atoms with van der Waals surface area (Å²) in [5.74, 6) is 0.192. The Bertz CT molecular complexity index is 938. The average Bonchev–Trinajstić information content (AvgIpc) is 3.52. The van der Waals surface area contributed by atoms with Gasteiger partial charge in [0, 0.05) is 45.2 Å². The SMILES string of the molecule is CCN(CC)C(=O)[C@@]1(Cc2cccc(-c3cccnc3)c2)CCN(C(=O)[C@@H]2CCCO2)C1. The van der Waals surface area contributed by atoms with E-state index in [-0.39, 0.29) is 17.9 Å². The summed E-state index contributed by atoms with van der Waals surface area (Å²) >= 11 is 0. The molecule has 32 heavy (non-hydrogen) atoms. The molecule has 2 aliphatic heterocycles. The van der Waals surface area contributed by atoms with Gasteiger partial charge in [0.2, 0.25) is 5.91 Å². The third kappa shape index (κ3) is 4.56. The second-order valence-corrected chi connectivity index (χ2v) is 8.89. The standard InChI is InChI=1S/C26H33N3O3/c1-3-28(4-2)25(31)26(12-14-29(19-26)24(30)23-11-7-15-32-23)17-20-8-5-9-21(16-20)22-10-6-13-27-18-22/h5-6,8-10,13,16,18,23H,3-4,7,11-12,14-15,17,19H2,1-2H3/t23-,26+/m0/s1. The molecule has 1 aromatic carbocycles. The molecule has 2 atom stereocenters. The van der Waals surface area contributed by atoms with E-state index in [1.54, 1.807) is 6.20 Å². The van der Waals surface area contributed by atoms with Crippen LogP contribution in [0.15, 0.2) is 48.8 Å². The first-order valence-corrected chi connectivity index (χ1v) is 11.8. The lowest BCUT2D eigenvalue weighted by atomic mass is 9.79. The zero-order valence-corrected chi connectivity index (χ0v) is 19.1. The number of hydrogen-bond acceptors (Lipinski definition) is 4. The van der Waals surface area contributed by atoms with E-state index in [0.717, 1.165) is 29.5 Å². The fourth-order valence-corrected chi connectivity index (χ4v) is 5.06. The molecule has 0 radical (unpaired) electrons. The first-order chi connectivity index (χ1) is 15.6. The van der Waals surface area contributed by atoms with Gasteiger partial charge in [-0.2, -0.15) is 0 Å². The highest BCUT2D eigenvalue weighted by atomic mass is 16.5. The van der Waals surface area contributed by atoms with Gasteiger partial charge in [0.25, 0.3) is 5.91 Å². The van der Waals surface area contributed by atoms with Crippen LogP contribution in [0.2, 0.25) is 0 Å². The first-order valence-electron chi connectivity index (χ1n) is 11.8. The molecule has 0 spiro atoms. The molecule has 0 aliphatic carbocycles. The summed E-state index contributed by atoms with van der Waals surface area (Å²) in [6, 6.07) is 12.3. The maximum atomic E-state index is 13.7. The van der Waals surface area contributed by atoms with Gasteiger partial charge in [0.05, 0.1) is 5.41 Å². The summed E-state index contributed by atoms with van der Waals surface area (Å²) in [7, 11) is 0. The first kappa shape index (κ1) is 22.5. The molecule has 170 valence electrons. The van der Waals surface area contributed by atoms with Crippen LogP contribution in [0.4, 0.5) is 0 Å². The van der Waals surface area contributed by atoms with Crippen LogP contribution in [-0.2, 0) is 20.7 Å². The summed E-state index contributed by atoms with van der Waals surface area (Å²) < 4.78 is 5.64. The zero-order valence-electron chi connectivity index (χ0n) is 19.1. The van der Waals surface area contributed by atoms with E-state index in [4.69, 9.17) is 4.74 Å². The molecule has 2 saturated heterocycles. The highest BCUT2D eigenvalue weighted by Gasteiger charge is 2.48. The van der Waals surface area contributed by atoms with Gasteiger partial charge in [0.1, 0.15) is 6.10 Å². The van der Waals surface area contributed by atoms with E-state index >= 15 is 0 Å². The molecule has 2 aromatic rings. The average molecular weight is 436 g/mol. The van der Waals surface area contributed by atoms with Gasteiger partial charge in [0.15, 0.2) is 0 Å². The number of benzene rings is 1. The van der Waals surface area contributed by atoms with Crippen LogP contribution in [0.3, 0.4) is 0 Å². The molecule has 2 fully saturated rings. The monoisotopic (exact) mass is 435 g/mol. The van der Waals surface area contributed by atoms with Crippen LogP contribution in [0.1, 0.15) is 38.7 Å². The quantitative estimate of drug-likeness (QED) is 0.667. The van der Waals surface area contributed by atoms with Crippen molar-refractivity contribution in [1.82, 2.24) is 14.8 Å². The number of likely N-dealkylation sites (tertiary alicyclic amines) is 1. The Balaban J connectivity index is 1.61. The molecule has 0 N–H and O–H groups in total. The van der Waals surface area contributed by atoms with Crippen LogP contribution in [0, 0.1) is 5.41 Å². The molecular formula is C26H33N3O3. The van der Waals surface area contributed by atoms with E-state index in [1.165, 1.54) is 0 Å². The Morgan fingerprint density at radius 3 is 2.69 bits per heavy atom. The van der Waals surface area contributed by atoms with Gasteiger partial charge in [-0.3, -0.25) is 14.6 Å². The normalized spacial score (nSPS) is 22.8. The Morgan fingerprint density at radius 1 is 1.19 bits per heavy atom. The maximum Gasteiger partial charge on any atom is 0.251 e. The van der Waals surface area contributed by atoms with Gasteiger partial charge in [-0.25, -0.2) is 0 Å². The number of rotatable bonds is 7. The topological polar surface area (TPSA) is 62.7 Å². The second-order valence-electron chi connectivity index (χ2n) is 8.89. The van der Waals surface area contributed by atoms with Crippen molar-refractivity contribution in [1.29, 1.82) is 0 Å². The third-order valence-electron chi connectivity index (χ3n) is 6.84. The fourth-order valence-electron chi connectivity index (χ4n) is 5.06. The van der Waals surface area contributed by atoms with Crippen molar-refractivity contribution >= 4 is 11.8 Å². The molecular weight excluding hydrogens is 402 g/mol. The minimum atomic E-state index is -0.603. The van der Waals surface area contributed by atoms with E-state index in [0.29, 0.717) is 45.6 Å². The summed E-state index contributed by atoms with van der Waals surface area (Å²) in [6.07, 6.45) is 6.28. The lowest BCUT2D eigenvalue weighted by molar-refractivity contribution is -0.144. The van der Waals surface area contributed by atoms with E-state index in [1.807, 2.05) is 48.0 Å². The number of carbonyl (C=O) groups is 2. The molecule has 6 heteroatoms. The zero-order chi connectivity index (χ0) is 22.6. The van der Waals surface area contributed by atoms with Crippen molar-refractivity contribution in [3.05, 3.63) is 54.4 Å². The summed E-state index contributed by atoms with van der Waals surface area (Å²) in [4.78, 5) is 34.8. The molecule has 2 aliphatic rings. The van der Waals surface area contributed by atoms with Crippen molar-refractivity contribution in [2.45, 2.75) is 45.6 Å². The molecule has 1 aromatic heterocycles. The third-order valence-corrected chi connectivity index (χ3v) is 6.84. The Labute approximate surface area is 190 Å². The van der Waals surface area contributed by atoms with E-state index < -0.39 is 5.41 Å². The van der Waals surface area contributed by atoms with Crippen molar-refractivity contribution in [2.75, 3.05) is 32.8 Å². The predicted molar refractivity (Wildman–Crippen MR) is 124 cm³/mol. The van der Waals surface area contributed by atoms with Crippen molar-refractivity contribution in [3.63, 3.8) is 0 Å². The molecule has 4 rings (SSSR count). The lowest BCUT2D eigenvalue weighted by Gasteiger charge is -2.34. The number of hydrogen-bond donors (Lipinski definition) is 0. The highest BCUT2D eigenvalue weighted by molar-refractivity contribution is 5.87. The smallest absolute Gasteiger partial charge is 0.251 e. The minimum absolute atomic E-state index is 0.0424. The molecule has 0 unspecified atom stereocenters. The molecule has 3 heterocycles. The van der Waals surface area contributed by atoms with E-state index in [9.17, 15) is 9.59 Å². The molecule has 2 amide bonds. The second kappa shape index (κ2) is 9.82. The van der Waals surface area contributed by atoms with E-state index in [2.05, 4.69) is 23.2 Å². The van der Waals surface area contributed by atoms with Gasteiger partial charge in [-0.1, -0.05) is 30.3 Å². The Hall–Kier alpha value is -2.73. The van der Waals surface area contributed by atoms with Gasteiger partial charge in [-0.05, 0) is 62.3 Å². The fraction of sp³-hybridized carbons (Fsp3) is 0.500. The van der Waals surface area contributed by atoms with Crippen LogP contribution in [0.25, 0.3) is 11.1 Å². The van der Waals surface area contributed by atoms with Crippen LogP contribution in [0.5, 0.6) is 0 Å². The predicted octanol–water partition coefficient (Wildman–Crippen LogP) is 3.56. The number of pyridine rings is 1. The van der Waals surface area contributed by atoms with Gasteiger partial charge < -0.3 is 14.5 Å². The highest BCUT2D eigenvalue weighted by Crippen LogP contribution is 2.38. The molecule has 6 nitrogen and oxygen atoms in total. The lowest BCUT2D eigenvalue weighted by Crippen LogP contribution is -2.48. The number of nitrogens with zero attached hydrogens (tertiary/aromatic N) is 3. The number of ether oxygens (including phenoxy) is 1. The Morgan fingerprint density at radius 2 is 2.00 bits per heavy atom. The van der Waals surface area contributed by atoms with Crippen molar-refractivity contribution < 1.29 is 14.3 Å². The van der Waals surface area contributed by atoms with Gasteiger partial charge in [-0.15, -0.1) is 0 Å². The number of aromatic nitrogens is 1. The van der Waals surface area contributed by atoms with Gasteiger partial charge >= 0.3 is 0 Å². The maximum absolute atomic E-state index is 13.7. The summed E-state index contributed by atoms with van der Waals surface area (Å²) in [5.41, 5.74) is 2.65. The van der Waals surface area contributed by atoms with Crippen LogP contribution in [-0.4, -0.2) is 65.5 Å². The minimum Gasteiger partial charge on any atom is -0.368 e. The van der Waals surface area contributed by atoms with Crippen molar-refractivity contribution in [2.24, 2.45) is 5.41 Å². The Kier molecular flexibility index (Phi) is 6.89. The van der Waals surface area contributed by atoms with Crippen LogP contribution < -0.4 is 0 Å². The van der Waals surface area contributed by atoms with Crippen LogP contribution >= 0.6 is 0 Å². The number of amides is 2. The molecule has 0 bridgehead atoms.